The van der Waals surface area contributed by atoms with Crippen LogP contribution in [0.1, 0.15) is 36.6 Å². The molecule has 0 aliphatic carbocycles. The third-order valence-corrected chi connectivity index (χ3v) is 9.15. The molecule has 1 atom stereocenters. The summed E-state index contributed by atoms with van der Waals surface area (Å²) in [5.41, 5.74) is 3.09. The van der Waals surface area contributed by atoms with E-state index in [-0.39, 0.29) is 34.5 Å². The molecule has 50 heavy (non-hydrogen) atoms. The summed E-state index contributed by atoms with van der Waals surface area (Å²) in [6, 6.07) is 25.0. The van der Waals surface area contributed by atoms with Crippen LogP contribution in [-0.4, -0.2) is 29.1 Å². The van der Waals surface area contributed by atoms with Gasteiger partial charge in [-0.25, -0.2) is 4.99 Å². The molecule has 0 saturated carbocycles. The molecule has 4 aromatic carbocycles. The molecule has 1 N–H and O–H groups in total. The fourth-order valence-electron chi connectivity index (χ4n) is 5.54. The van der Waals surface area contributed by atoms with Gasteiger partial charge >= 0.3 is 0 Å². The van der Waals surface area contributed by atoms with Crippen LogP contribution in [0.2, 0.25) is 5.02 Å². The first kappa shape index (κ1) is 34.2. The maximum atomic E-state index is 14.2. The zero-order valence-corrected chi connectivity index (χ0v) is 28.8. The predicted octanol–water partition coefficient (Wildman–Crippen LogP) is 6.42. The lowest BCUT2D eigenvalue weighted by Crippen LogP contribution is -2.40. The molecule has 1 aliphatic rings. The Kier molecular flexibility index (Phi) is 10.1. The van der Waals surface area contributed by atoms with E-state index in [0.29, 0.717) is 61.1 Å². The summed E-state index contributed by atoms with van der Waals surface area (Å²) in [5, 5.41) is 14.2. The molecule has 1 aromatic heterocycles. The largest absolute Gasteiger partial charge is 0.494 e. The van der Waals surface area contributed by atoms with Crippen molar-refractivity contribution in [1.82, 2.24) is 4.57 Å². The molecule has 11 nitrogen and oxygen atoms in total. The molecule has 0 bridgehead atoms. The number of anilines is 1. The number of methoxy groups -OCH3 is 1. The van der Waals surface area contributed by atoms with Crippen LogP contribution in [0, 0.1) is 10.1 Å². The van der Waals surface area contributed by atoms with Gasteiger partial charge in [-0.05, 0) is 85.1 Å². The minimum absolute atomic E-state index is 0.0216. The van der Waals surface area contributed by atoms with Crippen molar-refractivity contribution in [3.63, 3.8) is 0 Å². The van der Waals surface area contributed by atoms with Crippen LogP contribution in [0.4, 0.5) is 11.4 Å². The number of fused-ring (bicyclic) bond motifs is 1. The number of non-ortho nitro benzene ring substituents is 1. The quantitative estimate of drug-likeness (QED) is 0.124. The standard InChI is InChI=1S/C37H31ClN4O7S/c1-4-48-28-16-12-25(13-17-28)33-32(35(43)40-26-8-6-5-7-9-26)22(2)39-37-41(33)36(44)31(50-37)20-24-18-29(38)34(30(19-24)47-3)49-21-23-10-14-27(15-11-23)42(45)46/h5-20,33H,4,21H2,1-3H3,(H,40,43)/b31-20-/t33-/m1/s1. The van der Waals surface area contributed by atoms with Crippen molar-refractivity contribution in [1.29, 1.82) is 0 Å². The van der Waals surface area contributed by atoms with Crippen molar-refractivity contribution in [2.24, 2.45) is 4.99 Å². The van der Waals surface area contributed by atoms with Gasteiger partial charge in [-0.3, -0.25) is 24.3 Å². The Balaban J connectivity index is 1.37. The lowest BCUT2D eigenvalue weighted by atomic mass is 9.95. The van der Waals surface area contributed by atoms with Gasteiger partial charge in [0.1, 0.15) is 12.4 Å². The summed E-state index contributed by atoms with van der Waals surface area (Å²) < 4.78 is 19.1. The fraction of sp³-hybridized carbons (Fsp3) is 0.162. The fourth-order valence-corrected chi connectivity index (χ4v) is 6.86. The van der Waals surface area contributed by atoms with Crippen molar-refractivity contribution < 1.29 is 23.9 Å². The van der Waals surface area contributed by atoms with Gasteiger partial charge in [0.25, 0.3) is 17.2 Å². The molecule has 5 aromatic rings. The third-order valence-electron chi connectivity index (χ3n) is 7.88. The molecule has 0 fully saturated rings. The van der Waals surface area contributed by atoms with E-state index in [4.69, 9.17) is 30.8 Å². The number of para-hydroxylation sites is 1. The van der Waals surface area contributed by atoms with E-state index in [1.807, 2.05) is 49.4 Å². The molecule has 0 saturated heterocycles. The molecule has 6 rings (SSSR count). The second-order valence-corrected chi connectivity index (χ2v) is 12.6. The first-order valence-corrected chi connectivity index (χ1v) is 16.7. The van der Waals surface area contributed by atoms with E-state index in [1.54, 1.807) is 54.0 Å². The zero-order valence-electron chi connectivity index (χ0n) is 27.2. The molecule has 0 unspecified atom stereocenters. The van der Waals surface area contributed by atoms with Crippen molar-refractivity contribution in [3.8, 4) is 17.2 Å². The number of nitro groups is 1. The highest BCUT2D eigenvalue weighted by Gasteiger charge is 2.32. The number of carbonyl (C=O) groups excluding carboxylic acids is 1. The molecule has 0 spiro atoms. The van der Waals surface area contributed by atoms with Crippen LogP contribution in [0.5, 0.6) is 17.2 Å². The molecule has 13 heteroatoms. The van der Waals surface area contributed by atoms with Crippen LogP contribution in [0.25, 0.3) is 6.08 Å². The number of rotatable bonds is 11. The molecule has 254 valence electrons. The number of amides is 1. The number of aromatic nitrogens is 1. The van der Waals surface area contributed by atoms with Gasteiger partial charge in [0, 0.05) is 17.8 Å². The second-order valence-electron chi connectivity index (χ2n) is 11.2. The Morgan fingerprint density at radius 3 is 2.44 bits per heavy atom. The Morgan fingerprint density at radius 2 is 1.78 bits per heavy atom. The number of hydrogen-bond acceptors (Lipinski definition) is 9. The van der Waals surface area contributed by atoms with E-state index >= 15 is 0 Å². The molecular formula is C37H31ClN4O7S. The molecule has 0 radical (unpaired) electrons. The van der Waals surface area contributed by atoms with Gasteiger partial charge in [-0.2, -0.15) is 0 Å². The van der Waals surface area contributed by atoms with Crippen LogP contribution in [-0.2, 0) is 11.4 Å². The monoisotopic (exact) mass is 710 g/mol. The van der Waals surface area contributed by atoms with Gasteiger partial charge < -0.3 is 19.5 Å². The van der Waals surface area contributed by atoms with Crippen molar-refractivity contribution in [2.75, 3.05) is 19.0 Å². The maximum absolute atomic E-state index is 14.2. The number of halogens is 1. The Hall–Kier alpha value is -5.72. The minimum atomic E-state index is -0.763. The van der Waals surface area contributed by atoms with E-state index in [0.717, 1.165) is 0 Å². The van der Waals surface area contributed by atoms with Gasteiger partial charge in [0.15, 0.2) is 16.3 Å². The Labute approximate surface area is 295 Å². The Morgan fingerprint density at radius 1 is 1.06 bits per heavy atom. The number of thiazole rings is 1. The van der Waals surface area contributed by atoms with Gasteiger partial charge in [0.2, 0.25) is 0 Å². The average Bonchev–Trinajstić information content (AvgIpc) is 3.41. The summed E-state index contributed by atoms with van der Waals surface area (Å²) in [6.07, 6.45) is 1.69. The molecular weight excluding hydrogens is 680 g/mol. The van der Waals surface area contributed by atoms with Crippen molar-refractivity contribution >= 4 is 46.3 Å². The SMILES string of the molecule is CCOc1ccc([C@@H]2C(C(=O)Nc3ccccc3)=C(C)N=c3s/c(=C\c4cc(Cl)c(OCc5ccc([N+](=O)[O-])cc5)c(OC)c4)c(=O)n32)cc1. The Bertz CT molecular complexity index is 2280. The average molecular weight is 711 g/mol. The molecule has 1 aliphatic heterocycles. The topological polar surface area (TPSA) is 134 Å². The zero-order chi connectivity index (χ0) is 35.4. The number of nitrogens with zero attached hydrogens (tertiary/aromatic N) is 3. The third kappa shape index (κ3) is 7.16. The minimum Gasteiger partial charge on any atom is -0.494 e. The maximum Gasteiger partial charge on any atom is 0.271 e. The highest BCUT2D eigenvalue weighted by Crippen LogP contribution is 2.37. The van der Waals surface area contributed by atoms with E-state index in [1.165, 1.54) is 30.6 Å². The van der Waals surface area contributed by atoms with Gasteiger partial charge in [-0.15, -0.1) is 0 Å². The highest BCUT2D eigenvalue weighted by molar-refractivity contribution is 7.07. The van der Waals surface area contributed by atoms with E-state index in [9.17, 15) is 19.7 Å². The van der Waals surface area contributed by atoms with Crippen LogP contribution >= 0.6 is 22.9 Å². The summed E-state index contributed by atoms with van der Waals surface area (Å²) in [5.74, 6) is 0.921. The smallest absolute Gasteiger partial charge is 0.271 e. The van der Waals surface area contributed by atoms with Crippen LogP contribution in [0.3, 0.4) is 0 Å². The normalized spacial score (nSPS) is 14.1. The predicted molar refractivity (Wildman–Crippen MR) is 192 cm³/mol. The van der Waals surface area contributed by atoms with E-state index < -0.39 is 11.0 Å². The first-order valence-electron chi connectivity index (χ1n) is 15.5. The lowest BCUT2D eigenvalue weighted by molar-refractivity contribution is -0.384. The number of benzene rings is 4. The number of ether oxygens (including phenoxy) is 3. The number of nitrogens with one attached hydrogen (secondary N) is 1. The van der Waals surface area contributed by atoms with Gasteiger partial charge in [0.05, 0.1) is 45.5 Å². The number of hydrogen-bond donors (Lipinski definition) is 1. The number of carbonyl (C=O) groups is 1. The highest BCUT2D eigenvalue weighted by atomic mass is 35.5. The van der Waals surface area contributed by atoms with Crippen LogP contribution in [0.15, 0.2) is 112 Å². The second kappa shape index (κ2) is 14.8. The summed E-state index contributed by atoms with van der Waals surface area (Å²) in [4.78, 5) is 43.7. The first-order chi connectivity index (χ1) is 24.2. The lowest BCUT2D eigenvalue weighted by Gasteiger charge is -2.25. The molecule has 2 heterocycles. The summed E-state index contributed by atoms with van der Waals surface area (Å²) in [6.45, 7) is 4.26. The summed E-state index contributed by atoms with van der Waals surface area (Å²) >= 11 is 7.85. The summed E-state index contributed by atoms with van der Waals surface area (Å²) in [7, 11) is 1.48. The number of nitro benzene ring substituents is 1. The molecule has 1 amide bonds. The van der Waals surface area contributed by atoms with E-state index in [2.05, 4.69) is 5.32 Å². The van der Waals surface area contributed by atoms with Gasteiger partial charge in [-0.1, -0.05) is 53.3 Å². The van der Waals surface area contributed by atoms with Crippen molar-refractivity contribution in [2.45, 2.75) is 26.5 Å². The number of allylic oxidation sites excluding steroid dienone is 1. The van der Waals surface area contributed by atoms with Crippen LogP contribution < -0.4 is 34.4 Å². The van der Waals surface area contributed by atoms with Crippen molar-refractivity contribution in [3.05, 3.63) is 154 Å².